The van der Waals surface area contributed by atoms with Gasteiger partial charge in [0.15, 0.2) is 0 Å². The molecule has 37 heavy (non-hydrogen) atoms. The summed E-state index contributed by atoms with van der Waals surface area (Å²) in [5.74, 6) is 0.388. The fourth-order valence-corrected chi connectivity index (χ4v) is 5.08. The summed E-state index contributed by atoms with van der Waals surface area (Å²) >= 11 is 0. The Bertz CT molecular complexity index is 1080. The van der Waals surface area contributed by atoms with E-state index in [1.165, 1.54) is 6.07 Å². The summed E-state index contributed by atoms with van der Waals surface area (Å²) in [5.41, 5.74) is 1.03. The van der Waals surface area contributed by atoms with Gasteiger partial charge in [-0.2, -0.15) is 13.2 Å². The van der Waals surface area contributed by atoms with E-state index in [2.05, 4.69) is 9.88 Å². The van der Waals surface area contributed by atoms with E-state index >= 15 is 0 Å². The number of aromatic nitrogens is 1. The third kappa shape index (κ3) is 6.60. The predicted octanol–water partition coefficient (Wildman–Crippen LogP) is 4.03. The third-order valence-corrected chi connectivity index (χ3v) is 7.25. The van der Waals surface area contributed by atoms with Crippen molar-refractivity contribution in [2.75, 3.05) is 56.1 Å². The number of hydrogen-bond acceptors (Lipinski definition) is 5. The predicted molar refractivity (Wildman–Crippen MR) is 136 cm³/mol. The van der Waals surface area contributed by atoms with E-state index in [-0.39, 0.29) is 17.7 Å². The number of alkyl halides is 3. The SMILES string of the molecule is CC(=O)N1CCCN(C)CCN(C(=O)C2CCN(c3ccc(C(F)(F)F)cn3)CC2)Cc2ccccc21. The van der Waals surface area contributed by atoms with E-state index < -0.39 is 11.7 Å². The molecule has 2 aliphatic rings. The molecule has 0 atom stereocenters. The highest BCUT2D eigenvalue weighted by Crippen LogP contribution is 2.31. The Labute approximate surface area is 215 Å². The molecule has 0 aliphatic carbocycles. The normalized spacial score (nSPS) is 18.8. The van der Waals surface area contributed by atoms with E-state index in [1.54, 1.807) is 11.8 Å². The molecule has 3 heterocycles. The van der Waals surface area contributed by atoms with Crippen LogP contribution in [0.1, 0.15) is 37.3 Å². The number of amides is 2. The molecule has 4 rings (SSSR count). The minimum absolute atomic E-state index is 0.0172. The Balaban J connectivity index is 1.47. The Hall–Kier alpha value is -3.14. The first-order valence-electron chi connectivity index (χ1n) is 12.7. The molecule has 0 bridgehead atoms. The van der Waals surface area contributed by atoms with Crippen molar-refractivity contribution < 1.29 is 22.8 Å². The van der Waals surface area contributed by atoms with Gasteiger partial charge in [-0.1, -0.05) is 18.2 Å². The molecule has 0 saturated carbocycles. The minimum atomic E-state index is -4.41. The van der Waals surface area contributed by atoms with Crippen molar-refractivity contribution in [1.29, 1.82) is 0 Å². The fraction of sp³-hybridized carbons (Fsp3) is 0.519. The largest absolute Gasteiger partial charge is 0.417 e. The van der Waals surface area contributed by atoms with Gasteiger partial charge in [-0.3, -0.25) is 9.59 Å². The first-order valence-corrected chi connectivity index (χ1v) is 12.7. The second-order valence-electron chi connectivity index (χ2n) is 9.88. The maximum absolute atomic E-state index is 13.7. The average molecular weight is 518 g/mol. The van der Waals surface area contributed by atoms with Crippen LogP contribution in [-0.2, 0) is 22.3 Å². The van der Waals surface area contributed by atoms with Crippen molar-refractivity contribution in [3.8, 4) is 0 Å². The number of para-hydroxylation sites is 1. The summed E-state index contributed by atoms with van der Waals surface area (Å²) in [4.78, 5) is 38.0. The molecule has 1 aromatic heterocycles. The van der Waals surface area contributed by atoms with Gasteiger partial charge in [0.25, 0.3) is 0 Å². The summed E-state index contributed by atoms with van der Waals surface area (Å²) < 4.78 is 38.6. The summed E-state index contributed by atoms with van der Waals surface area (Å²) in [7, 11) is 2.03. The topological polar surface area (TPSA) is 60.0 Å². The second kappa shape index (κ2) is 11.5. The van der Waals surface area contributed by atoms with Crippen LogP contribution in [0.2, 0.25) is 0 Å². The molecule has 1 saturated heterocycles. The third-order valence-electron chi connectivity index (χ3n) is 7.25. The lowest BCUT2D eigenvalue weighted by molar-refractivity contribution is -0.138. The van der Waals surface area contributed by atoms with Crippen LogP contribution < -0.4 is 9.80 Å². The van der Waals surface area contributed by atoms with E-state index in [0.717, 1.165) is 43.0 Å². The Kier molecular flexibility index (Phi) is 8.36. The Morgan fingerprint density at radius 2 is 1.68 bits per heavy atom. The number of halogens is 3. The summed E-state index contributed by atoms with van der Waals surface area (Å²) in [6.45, 7) is 5.88. The summed E-state index contributed by atoms with van der Waals surface area (Å²) in [6, 6.07) is 10.2. The number of pyridine rings is 1. The number of carbonyl (C=O) groups excluding carboxylic acids is 2. The molecule has 0 radical (unpaired) electrons. The molecule has 0 unspecified atom stereocenters. The van der Waals surface area contributed by atoms with E-state index in [4.69, 9.17) is 0 Å². The molecule has 0 N–H and O–H groups in total. The van der Waals surface area contributed by atoms with Crippen LogP contribution >= 0.6 is 0 Å². The van der Waals surface area contributed by atoms with E-state index in [1.807, 2.05) is 41.1 Å². The van der Waals surface area contributed by atoms with Crippen molar-refractivity contribution in [2.24, 2.45) is 5.92 Å². The highest BCUT2D eigenvalue weighted by atomic mass is 19.4. The zero-order valence-electron chi connectivity index (χ0n) is 21.4. The van der Waals surface area contributed by atoms with Crippen molar-refractivity contribution in [3.05, 3.63) is 53.7 Å². The van der Waals surface area contributed by atoms with Crippen molar-refractivity contribution in [2.45, 2.75) is 38.9 Å². The molecule has 2 aromatic rings. The lowest BCUT2D eigenvalue weighted by atomic mass is 9.94. The number of rotatable bonds is 2. The van der Waals surface area contributed by atoms with E-state index in [0.29, 0.717) is 51.4 Å². The highest BCUT2D eigenvalue weighted by Gasteiger charge is 2.32. The van der Waals surface area contributed by atoms with Gasteiger partial charge in [-0.15, -0.1) is 0 Å². The number of anilines is 2. The second-order valence-corrected chi connectivity index (χ2v) is 9.88. The van der Waals surface area contributed by atoms with Crippen LogP contribution in [0.5, 0.6) is 0 Å². The van der Waals surface area contributed by atoms with Gasteiger partial charge >= 0.3 is 6.18 Å². The minimum Gasteiger partial charge on any atom is -0.357 e. The molecule has 200 valence electrons. The molecular formula is C27H34F3N5O2. The molecule has 7 nitrogen and oxygen atoms in total. The van der Waals surface area contributed by atoms with Crippen molar-refractivity contribution >= 4 is 23.3 Å². The van der Waals surface area contributed by atoms with Gasteiger partial charge in [0.1, 0.15) is 5.82 Å². The number of hydrogen-bond donors (Lipinski definition) is 0. The smallest absolute Gasteiger partial charge is 0.357 e. The Morgan fingerprint density at radius 1 is 0.946 bits per heavy atom. The first kappa shape index (κ1) is 26.9. The molecule has 2 aliphatic heterocycles. The van der Waals surface area contributed by atoms with Crippen LogP contribution in [-0.4, -0.2) is 72.9 Å². The number of benzene rings is 1. The van der Waals surface area contributed by atoms with Gasteiger partial charge in [-0.25, -0.2) is 4.98 Å². The first-order chi connectivity index (χ1) is 17.6. The van der Waals surface area contributed by atoms with Crippen LogP contribution in [0.3, 0.4) is 0 Å². The van der Waals surface area contributed by atoms with Crippen LogP contribution in [0.25, 0.3) is 0 Å². The number of piperidine rings is 1. The zero-order chi connectivity index (χ0) is 26.6. The molecule has 1 aromatic carbocycles. The maximum Gasteiger partial charge on any atom is 0.417 e. The van der Waals surface area contributed by atoms with Crippen molar-refractivity contribution in [3.63, 3.8) is 0 Å². The molecule has 10 heteroatoms. The average Bonchev–Trinajstić information content (AvgIpc) is 2.91. The maximum atomic E-state index is 13.7. The van der Waals surface area contributed by atoms with E-state index in [9.17, 15) is 22.8 Å². The summed E-state index contributed by atoms with van der Waals surface area (Å²) in [5, 5.41) is 0. The van der Waals surface area contributed by atoms with Gasteiger partial charge < -0.3 is 19.6 Å². The van der Waals surface area contributed by atoms with Crippen molar-refractivity contribution in [1.82, 2.24) is 14.8 Å². The van der Waals surface area contributed by atoms with Gasteiger partial charge in [0, 0.05) is 64.0 Å². The van der Waals surface area contributed by atoms with Gasteiger partial charge in [0.05, 0.1) is 5.56 Å². The zero-order valence-corrected chi connectivity index (χ0v) is 21.4. The van der Waals surface area contributed by atoms with Gasteiger partial charge in [0.2, 0.25) is 11.8 Å². The van der Waals surface area contributed by atoms with Crippen LogP contribution in [0, 0.1) is 5.92 Å². The molecular weight excluding hydrogens is 483 g/mol. The standard InChI is InChI=1S/C27H34F3N5O2/c1-20(36)35-13-5-12-32(2)16-17-34(19-22-6-3-4-7-24(22)35)26(37)21-10-14-33(15-11-21)25-9-8-23(18-31-25)27(28,29)30/h3-4,6-9,18,21H,5,10-17,19H2,1-2H3. The quantitative estimate of drug-likeness (QED) is 0.602. The molecule has 1 fully saturated rings. The summed E-state index contributed by atoms with van der Waals surface area (Å²) in [6.07, 6.45) is -1.50. The lowest BCUT2D eigenvalue weighted by Crippen LogP contribution is -2.44. The number of fused-ring (bicyclic) bond motifs is 1. The monoisotopic (exact) mass is 517 g/mol. The number of nitrogens with zero attached hydrogens (tertiary/aromatic N) is 5. The van der Waals surface area contributed by atoms with Crippen LogP contribution in [0.15, 0.2) is 42.6 Å². The number of likely N-dealkylation sites (N-methyl/N-ethyl adjacent to an activating group) is 1. The number of carbonyl (C=O) groups is 2. The fourth-order valence-electron chi connectivity index (χ4n) is 5.08. The molecule has 2 amide bonds. The highest BCUT2D eigenvalue weighted by molar-refractivity contribution is 5.92. The van der Waals surface area contributed by atoms with Gasteiger partial charge in [-0.05, 0) is 56.6 Å². The van der Waals surface area contributed by atoms with Crippen LogP contribution in [0.4, 0.5) is 24.7 Å². The molecule has 0 spiro atoms. The lowest BCUT2D eigenvalue weighted by Gasteiger charge is -2.35. The Morgan fingerprint density at radius 3 is 2.32 bits per heavy atom.